The summed E-state index contributed by atoms with van der Waals surface area (Å²) in [6, 6.07) is 19.3. The quantitative estimate of drug-likeness (QED) is 0.203. The predicted molar refractivity (Wildman–Crippen MR) is 155 cm³/mol. The van der Waals surface area contributed by atoms with Crippen molar-refractivity contribution in [3.05, 3.63) is 89.4 Å². The van der Waals surface area contributed by atoms with Gasteiger partial charge in [0.25, 0.3) is 0 Å². The van der Waals surface area contributed by atoms with Crippen molar-refractivity contribution in [2.24, 2.45) is 5.41 Å². The Morgan fingerprint density at radius 2 is 1.54 bits per heavy atom. The van der Waals surface area contributed by atoms with E-state index < -0.39 is 23.8 Å². The van der Waals surface area contributed by atoms with Gasteiger partial charge < -0.3 is 0 Å². The molecule has 0 saturated carbocycles. The summed E-state index contributed by atoms with van der Waals surface area (Å²) in [6.07, 6.45) is -3.03. The minimum atomic E-state index is -4.42. The van der Waals surface area contributed by atoms with E-state index in [1.165, 1.54) is 34.4 Å². The molecule has 0 bridgehead atoms. The van der Waals surface area contributed by atoms with E-state index >= 15 is 4.39 Å². The molecule has 0 aliphatic carbocycles. The van der Waals surface area contributed by atoms with Crippen LogP contribution in [-0.4, -0.2) is 11.2 Å². The monoisotopic (exact) mass is 549 g/mol. The van der Waals surface area contributed by atoms with Crippen molar-refractivity contribution in [1.82, 2.24) is 4.98 Å². The number of benzene rings is 3. The third kappa shape index (κ3) is 4.95. The molecule has 5 rings (SSSR count). The van der Waals surface area contributed by atoms with Gasteiger partial charge in [0, 0.05) is 16.6 Å². The third-order valence-electron chi connectivity index (χ3n) is 7.51. The number of nitrogens with zero attached hydrogens (tertiary/aromatic N) is 1. The van der Waals surface area contributed by atoms with Crippen molar-refractivity contribution >= 4 is 32.2 Å². The number of rotatable bonds is 4. The van der Waals surface area contributed by atoms with Gasteiger partial charge in [0.2, 0.25) is 0 Å². The van der Waals surface area contributed by atoms with E-state index in [0.29, 0.717) is 5.56 Å². The maximum atomic E-state index is 15.1. The molecule has 2 aromatic heterocycles. The number of alkyl halides is 3. The first kappa shape index (κ1) is 27.3. The van der Waals surface area contributed by atoms with Crippen LogP contribution in [0.2, 0.25) is 0 Å². The highest BCUT2D eigenvalue weighted by Crippen LogP contribution is 2.45. The van der Waals surface area contributed by atoms with Gasteiger partial charge >= 0.3 is 6.18 Å². The maximum Gasteiger partial charge on any atom is 0.394 e. The van der Waals surface area contributed by atoms with Gasteiger partial charge in [-0.1, -0.05) is 71.0 Å². The zero-order chi connectivity index (χ0) is 28.3. The SMILES string of the molecule is Cc1c(-c2ccc(CC(C)(C)C(F)(F)F)c(F)c2)sc2c(-c3cc(C(C)(C)C)c4ccccc4c3)nccc12. The van der Waals surface area contributed by atoms with Crippen molar-refractivity contribution in [2.45, 2.75) is 59.6 Å². The van der Waals surface area contributed by atoms with E-state index in [4.69, 9.17) is 4.98 Å². The summed E-state index contributed by atoms with van der Waals surface area (Å²) in [5.74, 6) is -0.621. The second kappa shape index (κ2) is 9.44. The number of pyridine rings is 1. The molecular weight excluding hydrogens is 518 g/mol. The van der Waals surface area contributed by atoms with Gasteiger partial charge in [0.1, 0.15) is 5.82 Å². The molecular formula is C33H31F4NS. The first-order valence-corrected chi connectivity index (χ1v) is 13.8. The first-order chi connectivity index (χ1) is 18.2. The van der Waals surface area contributed by atoms with Gasteiger partial charge in [0.15, 0.2) is 0 Å². The average molecular weight is 550 g/mol. The molecule has 39 heavy (non-hydrogen) atoms. The topological polar surface area (TPSA) is 12.9 Å². The molecule has 0 N–H and O–H groups in total. The van der Waals surface area contributed by atoms with Crippen LogP contribution in [0.15, 0.2) is 66.9 Å². The van der Waals surface area contributed by atoms with Crippen LogP contribution in [0.5, 0.6) is 0 Å². The second-order valence-corrected chi connectivity index (χ2v) is 13.0. The van der Waals surface area contributed by atoms with Crippen LogP contribution in [0.3, 0.4) is 0 Å². The molecule has 1 nitrogen and oxygen atoms in total. The number of hydrogen-bond donors (Lipinski definition) is 0. The van der Waals surface area contributed by atoms with Gasteiger partial charge in [-0.15, -0.1) is 11.3 Å². The van der Waals surface area contributed by atoms with Crippen LogP contribution in [0, 0.1) is 18.2 Å². The normalized spacial score (nSPS) is 13.0. The van der Waals surface area contributed by atoms with E-state index in [2.05, 4.69) is 51.1 Å². The predicted octanol–water partition coefficient (Wildman–Crippen LogP) is 10.7. The van der Waals surface area contributed by atoms with Gasteiger partial charge in [0.05, 0.1) is 15.8 Å². The lowest BCUT2D eigenvalue weighted by Gasteiger charge is -2.28. The summed E-state index contributed by atoms with van der Waals surface area (Å²) in [6.45, 7) is 10.8. The minimum absolute atomic E-state index is 0.0630. The van der Waals surface area contributed by atoms with Gasteiger partial charge in [-0.05, 0) is 81.4 Å². The summed E-state index contributed by atoms with van der Waals surface area (Å²) in [5.41, 5.74) is 2.75. The lowest BCUT2D eigenvalue weighted by molar-refractivity contribution is -0.211. The number of thiophene rings is 1. The second-order valence-electron chi connectivity index (χ2n) is 12.0. The van der Waals surface area contributed by atoms with E-state index in [-0.39, 0.29) is 11.0 Å². The molecule has 0 atom stereocenters. The van der Waals surface area contributed by atoms with Crippen LogP contribution in [0.25, 0.3) is 42.6 Å². The summed E-state index contributed by atoms with van der Waals surface area (Å²) in [7, 11) is 0. The fourth-order valence-electron chi connectivity index (χ4n) is 5.10. The van der Waals surface area contributed by atoms with E-state index in [0.717, 1.165) is 51.0 Å². The van der Waals surface area contributed by atoms with Crippen molar-refractivity contribution < 1.29 is 17.6 Å². The third-order valence-corrected chi connectivity index (χ3v) is 8.87. The Bertz CT molecular complexity index is 1700. The van der Waals surface area contributed by atoms with Gasteiger partial charge in [-0.2, -0.15) is 13.2 Å². The molecule has 2 heterocycles. The Morgan fingerprint density at radius 3 is 2.21 bits per heavy atom. The summed E-state index contributed by atoms with van der Waals surface area (Å²) < 4.78 is 56.3. The zero-order valence-corrected chi connectivity index (χ0v) is 23.7. The van der Waals surface area contributed by atoms with Crippen LogP contribution in [-0.2, 0) is 11.8 Å². The highest BCUT2D eigenvalue weighted by molar-refractivity contribution is 7.23. The van der Waals surface area contributed by atoms with Crippen LogP contribution in [0.1, 0.15) is 51.3 Å². The Morgan fingerprint density at radius 1 is 0.821 bits per heavy atom. The molecule has 0 fully saturated rings. The molecule has 0 spiro atoms. The number of halogens is 4. The van der Waals surface area contributed by atoms with E-state index in [1.54, 1.807) is 12.3 Å². The Balaban J connectivity index is 1.62. The molecule has 0 aliphatic rings. The summed E-state index contributed by atoms with van der Waals surface area (Å²) in [5, 5.41) is 3.40. The van der Waals surface area contributed by atoms with Crippen LogP contribution >= 0.6 is 11.3 Å². The molecule has 5 aromatic rings. The van der Waals surface area contributed by atoms with Gasteiger partial charge in [-0.25, -0.2) is 4.39 Å². The molecule has 6 heteroatoms. The first-order valence-electron chi connectivity index (χ1n) is 12.9. The zero-order valence-electron chi connectivity index (χ0n) is 22.9. The Kier molecular flexibility index (Phi) is 6.61. The molecule has 202 valence electrons. The molecule has 0 amide bonds. The summed E-state index contributed by atoms with van der Waals surface area (Å²) >= 11 is 1.54. The average Bonchev–Trinajstić information content (AvgIpc) is 3.19. The largest absolute Gasteiger partial charge is 0.394 e. The lowest BCUT2D eigenvalue weighted by Crippen LogP contribution is -2.34. The number of aromatic nitrogens is 1. The number of aryl methyl sites for hydroxylation is 1. The standard InChI is InChI=1S/C33H31F4NS/c1-19-24-13-14-38-28(23-15-20-9-7-8-10-25(20)26(16-23)31(2,3)4)30(24)39-29(19)21-11-12-22(27(34)17-21)18-32(5,6)33(35,36)37/h7-17H,18H2,1-6H3. The Hall–Kier alpha value is -3.25. The molecule has 0 aliphatic heterocycles. The van der Waals surface area contributed by atoms with Crippen molar-refractivity contribution in [3.63, 3.8) is 0 Å². The maximum absolute atomic E-state index is 15.1. The Labute approximate surface area is 230 Å². The van der Waals surface area contributed by atoms with E-state index in [9.17, 15) is 13.2 Å². The highest BCUT2D eigenvalue weighted by Gasteiger charge is 2.47. The molecule has 0 saturated heterocycles. The van der Waals surface area contributed by atoms with Crippen LogP contribution in [0.4, 0.5) is 17.6 Å². The van der Waals surface area contributed by atoms with Crippen molar-refractivity contribution in [1.29, 1.82) is 0 Å². The van der Waals surface area contributed by atoms with Gasteiger partial charge in [-0.3, -0.25) is 4.98 Å². The van der Waals surface area contributed by atoms with Crippen LogP contribution < -0.4 is 0 Å². The lowest BCUT2D eigenvalue weighted by atomic mass is 9.82. The number of fused-ring (bicyclic) bond motifs is 2. The van der Waals surface area contributed by atoms with Crippen molar-refractivity contribution in [3.8, 4) is 21.7 Å². The minimum Gasteiger partial charge on any atom is -0.255 e. The smallest absolute Gasteiger partial charge is 0.255 e. The van der Waals surface area contributed by atoms with Crippen molar-refractivity contribution in [2.75, 3.05) is 0 Å². The molecule has 3 aromatic carbocycles. The summed E-state index contributed by atoms with van der Waals surface area (Å²) in [4.78, 5) is 5.67. The molecule has 0 radical (unpaired) electrons. The molecule has 0 unspecified atom stereocenters. The number of hydrogen-bond acceptors (Lipinski definition) is 2. The van der Waals surface area contributed by atoms with E-state index in [1.807, 2.05) is 19.1 Å². The highest BCUT2D eigenvalue weighted by atomic mass is 32.1. The fourth-order valence-corrected chi connectivity index (χ4v) is 6.42. The fraction of sp³-hybridized carbons (Fsp3) is 0.303.